The summed E-state index contributed by atoms with van der Waals surface area (Å²) in [6.45, 7) is 4.89. The Hall–Kier alpha value is -2.07. The molecule has 0 aromatic heterocycles. The number of nitrogens with zero attached hydrogens (tertiary/aromatic N) is 2. The first kappa shape index (κ1) is 17.3. The van der Waals surface area contributed by atoms with Crippen LogP contribution in [0.4, 0.5) is 4.79 Å². The summed E-state index contributed by atoms with van der Waals surface area (Å²) >= 11 is 0. The van der Waals surface area contributed by atoms with E-state index >= 15 is 0 Å². The molecular weight excluding hydrogens is 322 g/mol. The second kappa shape index (κ2) is 8.09. The van der Waals surface area contributed by atoms with E-state index in [1.165, 1.54) is 55.1 Å². The minimum absolute atomic E-state index is 0.0938. The zero-order chi connectivity index (χ0) is 17.8. The molecule has 0 bridgehead atoms. The van der Waals surface area contributed by atoms with E-state index in [0.717, 1.165) is 19.5 Å². The van der Waals surface area contributed by atoms with E-state index in [9.17, 15) is 4.79 Å². The van der Waals surface area contributed by atoms with Crippen LogP contribution in [0.15, 0.2) is 42.5 Å². The van der Waals surface area contributed by atoms with Gasteiger partial charge in [-0.25, -0.2) is 4.79 Å². The number of fused-ring (bicyclic) bond motifs is 1. The zero-order valence-corrected chi connectivity index (χ0v) is 15.5. The molecule has 0 radical (unpaired) electrons. The number of rotatable bonds is 4. The third-order valence-corrected chi connectivity index (χ3v) is 5.86. The van der Waals surface area contributed by atoms with Gasteiger partial charge in [0, 0.05) is 25.7 Å². The Balaban J connectivity index is 1.23. The number of benzene rings is 2. The van der Waals surface area contributed by atoms with Crippen molar-refractivity contribution in [2.75, 3.05) is 32.7 Å². The molecule has 0 aliphatic carbocycles. The van der Waals surface area contributed by atoms with Crippen LogP contribution in [0, 0.1) is 0 Å². The molecule has 4 nitrogen and oxygen atoms in total. The molecule has 2 aliphatic heterocycles. The number of carbonyl (C=O) groups is 1. The molecule has 1 N–H and O–H groups in total. The molecule has 4 heteroatoms. The van der Waals surface area contributed by atoms with Crippen LogP contribution in [0.3, 0.4) is 0 Å². The highest BCUT2D eigenvalue weighted by atomic mass is 16.2. The van der Waals surface area contributed by atoms with Crippen molar-refractivity contribution in [2.24, 2.45) is 0 Å². The summed E-state index contributed by atoms with van der Waals surface area (Å²) in [5.41, 5.74) is 1.30. The predicted molar refractivity (Wildman–Crippen MR) is 106 cm³/mol. The van der Waals surface area contributed by atoms with Crippen LogP contribution in [0.2, 0.25) is 0 Å². The summed E-state index contributed by atoms with van der Waals surface area (Å²) in [6, 6.07) is 15.5. The van der Waals surface area contributed by atoms with E-state index < -0.39 is 0 Å². The normalized spacial score (nSPS) is 19.2. The van der Waals surface area contributed by atoms with Gasteiger partial charge in [-0.2, -0.15) is 0 Å². The van der Waals surface area contributed by atoms with Gasteiger partial charge in [-0.15, -0.1) is 0 Å². The first-order chi connectivity index (χ1) is 12.8. The molecule has 138 valence electrons. The van der Waals surface area contributed by atoms with Gasteiger partial charge in [0.25, 0.3) is 0 Å². The minimum atomic E-state index is 0.0938. The lowest BCUT2D eigenvalue weighted by atomic mass is 10.0. The van der Waals surface area contributed by atoms with Gasteiger partial charge in [-0.05, 0) is 48.7 Å². The Morgan fingerprint density at radius 1 is 0.962 bits per heavy atom. The minimum Gasteiger partial charge on any atom is -0.338 e. The monoisotopic (exact) mass is 351 g/mol. The van der Waals surface area contributed by atoms with Crippen molar-refractivity contribution in [3.8, 4) is 0 Å². The molecule has 0 atom stereocenters. The number of hydrogen-bond acceptors (Lipinski definition) is 2. The summed E-state index contributed by atoms with van der Waals surface area (Å²) in [6.07, 6.45) is 6.22. The molecule has 2 aromatic carbocycles. The van der Waals surface area contributed by atoms with Crippen molar-refractivity contribution < 1.29 is 4.79 Å². The van der Waals surface area contributed by atoms with Gasteiger partial charge in [-0.3, -0.25) is 4.90 Å². The van der Waals surface area contributed by atoms with Crippen molar-refractivity contribution in [1.29, 1.82) is 0 Å². The number of carbonyl (C=O) groups excluding carboxylic acids is 1. The Labute approximate surface area is 156 Å². The third-order valence-electron chi connectivity index (χ3n) is 5.86. The van der Waals surface area contributed by atoms with Crippen LogP contribution in [-0.4, -0.2) is 54.6 Å². The molecule has 2 saturated heterocycles. The van der Waals surface area contributed by atoms with Crippen LogP contribution in [0.1, 0.15) is 31.2 Å². The highest BCUT2D eigenvalue weighted by Crippen LogP contribution is 2.20. The lowest BCUT2D eigenvalue weighted by Gasteiger charge is -2.45. The molecule has 2 fully saturated rings. The zero-order valence-electron chi connectivity index (χ0n) is 15.5. The van der Waals surface area contributed by atoms with Crippen molar-refractivity contribution in [1.82, 2.24) is 15.1 Å². The number of urea groups is 1. The highest BCUT2D eigenvalue weighted by Gasteiger charge is 2.34. The standard InChI is InChI=1S/C22H29N3O/c26-22(25-16-20(17-25)24-14-5-1-2-6-15-24)23-13-12-19-10-7-9-18-8-3-4-11-21(18)19/h3-4,7-11,20H,1-2,5-6,12-17H2,(H,23,26). The Bertz CT molecular complexity index is 741. The molecule has 2 aromatic rings. The second-order valence-corrected chi connectivity index (χ2v) is 7.63. The third kappa shape index (κ3) is 3.85. The van der Waals surface area contributed by atoms with E-state index in [4.69, 9.17) is 0 Å². The van der Waals surface area contributed by atoms with Crippen molar-refractivity contribution >= 4 is 16.8 Å². The van der Waals surface area contributed by atoms with E-state index in [-0.39, 0.29) is 6.03 Å². The number of hydrogen-bond donors (Lipinski definition) is 1. The molecule has 2 amide bonds. The Morgan fingerprint density at radius 2 is 1.69 bits per heavy atom. The first-order valence-corrected chi connectivity index (χ1v) is 10.0. The molecule has 0 spiro atoms. The number of nitrogens with one attached hydrogen (secondary N) is 1. The van der Waals surface area contributed by atoms with Gasteiger partial charge in [0.1, 0.15) is 0 Å². The fraction of sp³-hybridized carbons (Fsp3) is 0.500. The van der Waals surface area contributed by atoms with Gasteiger partial charge >= 0.3 is 6.03 Å². The molecule has 2 aliphatic rings. The number of amides is 2. The Morgan fingerprint density at radius 3 is 2.50 bits per heavy atom. The average molecular weight is 351 g/mol. The molecule has 2 heterocycles. The van der Waals surface area contributed by atoms with E-state index in [2.05, 4.69) is 52.7 Å². The smallest absolute Gasteiger partial charge is 0.317 e. The van der Waals surface area contributed by atoms with Crippen molar-refractivity contribution in [3.63, 3.8) is 0 Å². The molecule has 0 unspecified atom stereocenters. The predicted octanol–water partition coefficient (Wildman–Crippen LogP) is 3.65. The summed E-state index contributed by atoms with van der Waals surface area (Å²) in [5.74, 6) is 0. The van der Waals surface area contributed by atoms with Crippen molar-refractivity contribution in [2.45, 2.75) is 38.1 Å². The first-order valence-electron chi connectivity index (χ1n) is 10.0. The van der Waals surface area contributed by atoms with E-state index in [1.807, 2.05) is 4.90 Å². The van der Waals surface area contributed by atoms with Crippen LogP contribution in [0.5, 0.6) is 0 Å². The topological polar surface area (TPSA) is 35.6 Å². The largest absolute Gasteiger partial charge is 0.338 e. The maximum atomic E-state index is 12.4. The van der Waals surface area contributed by atoms with E-state index in [0.29, 0.717) is 12.6 Å². The average Bonchev–Trinajstić information content (AvgIpc) is 2.90. The van der Waals surface area contributed by atoms with E-state index in [1.54, 1.807) is 0 Å². The van der Waals surface area contributed by atoms with Gasteiger partial charge < -0.3 is 10.2 Å². The molecule has 0 saturated carbocycles. The van der Waals surface area contributed by atoms with Crippen LogP contribution >= 0.6 is 0 Å². The van der Waals surface area contributed by atoms with Gasteiger partial charge in [0.05, 0.1) is 0 Å². The summed E-state index contributed by atoms with van der Waals surface area (Å²) in [7, 11) is 0. The quantitative estimate of drug-likeness (QED) is 0.913. The number of likely N-dealkylation sites (tertiary alicyclic amines) is 2. The second-order valence-electron chi connectivity index (χ2n) is 7.63. The lowest BCUT2D eigenvalue weighted by Crippen LogP contribution is -2.63. The summed E-state index contributed by atoms with van der Waals surface area (Å²) in [4.78, 5) is 16.9. The molecular formula is C22H29N3O. The molecule has 4 rings (SSSR count). The maximum absolute atomic E-state index is 12.4. The van der Waals surface area contributed by atoms with Crippen LogP contribution in [0.25, 0.3) is 10.8 Å². The summed E-state index contributed by atoms with van der Waals surface area (Å²) in [5, 5.41) is 5.65. The maximum Gasteiger partial charge on any atom is 0.317 e. The summed E-state index contributed by atoms with van der Waals surface area (Å²) < 4.78 is 0. The SMILES string of the molecule is O=C(NCCc1cccc2ccccc12)N1CC(N2CCCCCC2)C1. The van der Waals surface area contributed by atoms with Crippen molar-refractivity contribution in [3.05, 3.63) is 48.0 Å². The highest BCUT2D eigenvalue weighted by molar-refractivity contribution is 5.85. The van der Waals surface area contributed by atoms with Crippen LogP contribution in [-0.2, 0) is 6.42 Å². The van der Waals surface area contributed by atoms with Gasteiger partial charge in [0.15, 0.2) is 0 Å². The fourth-order valence-corrected chi connectivity index (χ4v) is 4.24. The van der Waals surface area contributed by atoms with Crippen LogP contribution < -0.4 is 5.32 Å². The van der Waals surface area contributed by atoms with Gasteiger partial charge in [-0.1, -0.05) is 55.3 Å². The van der Waals surface area contributed by atoms with Gasteiger partial charge in [0.2, 0.25) is 0 Å². The lowest BCUT2D eigenvalue weighted by molar-refractivity contribution is 0.0589. The fourth-order valence-electron chi connectivity index (χ4n) is 4.24. The molecule has 26 heavy (non-hydrogen) atoms. The Kier molecular flexibility index (Phi) is 5.40.